The zero-order valence-corrected chi connectivity index (χ0v) is 24.3. The Bertz CT molecular complexity index is 1440. The molecule has 0 aliphatic carbocycles. The van der Waals surface area contributed by atoms with Gasteiger partial charge in [-0.05, 0) is 103 Å². The third-order valence-electron chi connectivity index (χ3n) is 8.35. The molecular formula is C34H32ClF3N2S. The smallest absolute Gasteiger partial charge is 0.124 e. The Morgan fingerprint density at radius 3 is 2.02 bits per heavy atom. The van der Waals surface area contributed by atoms with Crippen molar-refractivity contribution in [3.8, 4) is 0 Å². The lowest BCUT2D eigenvalue weighted by Gasteiger charge is -2.40. The average molecular weight is 593 g/mol. The summed E-state index contributed by atoms with van der Waals surface area (Å²) in [5, 5.41) is 0.724. The van der Waals surface area contributed by atoms with E-state index in [1.807, 2.05) is 36.4 Å². The van der Waals surface area contributed by atoms with Crippen molar-refractivity contribution in [2.24, 2.45) is 0 Å². The summed E-state index contributed by atoms with van der Waals surface area (Å²) in [5.41, 5.74) is 4.48. The summed E-state index contributed by atoms with van der Waals surface area (Å²) in [6, 6.07) is 24.7. The van der Waals surface area contributed by atoms with E-state index in [-0.39, 0.29) is 29.4 Å². The van der Waals surface area contributed by atoms with Crippen LogP contribution in [-0.4, -0.2) is 42.5 Å². The average Bonchev–Trinajstić information content (AvgIpc) is 3.13. The van der Waals surface area contributed by atoms with Crippen LogP contribution in [0.3, 0.4) is 0 Å². The van der Waals surface area contributed by atoms with Crippen molar-refractivity contribution in [2.75, 3.05) is 32.7 Å². The molecule has 0 spiro atoms. The zero-order chi connectivity index (χ0) is 28.3. The van der Waals surface area contributed by atoms with E-state index >= 15 is 0 Å². The number of hydrogen-bond acceptors (Lipinski definition) is 3. The summed E-state index contributed by atoms with van der Waals surface area (Å²) in [7, 11) is 0. The van der Waals surface area contributed by atoms with Crippen LogP contribution in [0.25, 0.3) is 0 Å². The fourth-order valence-electron chi connectivity index (χ4n) is 6.16. The van der Waals surface area contributed by atoms with E-state index in [1.165, 1.54) is 35.4 Å². The Kier molecular flexibility index (Phi) is 8.73. The number of fused-ring (bicyclic) bond motifs is 2. The lowest BCUT2D eigenvalue weighted by atomic mass is 9.87. The molecule has 0 N–H and O–H groups in total. The van der Waals surface area contributed by atoms with Gasteiger partial charge in [0.2, 0.25) is 0 Å². The summed E-state index contributed by atoms with van der Waals surface area (Å²) >= 11 is 8.08. The normalized spacial score (nSPS) is 17.7. The molecule has 1 fully saturated rings. The van der Waals surface area contributed by atoms with E-state index in [0.717, 1.165) is 77.9 Å². The van der Waals surface area contributed by atoms with Gasteiger partial charge in [0.1, 0.15) is 17.5 Å². The molecule has 1 saturated heterocycles. The molecule has 0 saturated carbocycles. The fourth-order valence-corrected chi connectivity index (χ4v) is 7.48. The third kappa shape index (κ3) is 6.67. The zero-order valence-electron chi connectivity index (χ0n) is 22.7. The molecule has 1 unspecified atom stereocenters. The van der Waals surface area contributed by atoms with Gasteiger partial charge in [-0.15, -0.1) is 0 Å². The Morgan fingerprint density at radius 1 is 0.732 bits per heavy atom. The SMILES string of the molecule is Fc1ccc(C(CCCN2CCN(C3Cc4ccc(F)cc4Sc4ccc(Cl)cc43)CC2)c2ccc(F)cc2)cc1. The van der Waals surface area contributed by atoms with Gasteiger partial charge in [0.25, 0.3) is 0 Å². The minimum absolute atomic E-state index is 0.0899. The van der Waals surface area contributed by atoms with Gasteiger partial charge < -0.3 is 4.90 Å². The Hall–Kier alpha value is -2.77. The lowest BCUT2D eigenvalue weighted by molar-refractivity contribution is 0.0931. The molecule has 212 valence electrons. The van der Waals surface area contributed by atoms with Gasteiger partial charge in [-0.3, -0.25) is 4.90 Å². The van der Waals surface area contributed by atoms with Crippen LogP contribution in [-0.2, 0) is 6.42 Å². The molecule has 41 heavy (non-hydrogen) atoms. The maximum absolute atomic E-state index is 14.1. The van der Waals surface area contributed by atoms with Crippen molar-refractivity contribution in [3.05, 3.63) is 130 Å². The second-order valence-electron chi connectivity index (χ2n) is 10.9. The molecule has 2 aliphatic heterocycles. The quantitative estimate of drug-likeness (QED) is 0.212. The Labute approximate surface area is 249 Å². The first-order valence-electron chi connectivity index (χ1n) is 14.2. The van der Waals surface area contributed by atoms with Gasteiger partial charge in [-0.2, -0.15) is 0 Å². The predicted octanol–water partition coefficient (Wildman–Crippen LogP) is 8.74. The number of rotatable bonds is 7. The van der Waals surface area contributed by atoms with E-state index in [1.54, 1.807) is 23.9 Å². The molecule has 2 nitrogen and oxygen atoms in total. The Morgan fingerprint density at radius 2 is 1.37 bits per heavy atom. The molecule has 0 radical (unpaired) electrons. The van der Waals surface area contributed by atoms with Crippen molar-refractivity contribution >= 4 is 23.4 Å². The highest BCUT2D eigenvalue weighted by molar-refractivity contribution is 7.99. The van der Waals surface area contributed by atoms with Crippen LogP contribution in [0.4, 0.5) is 13.2 Å². The number of benzene rings is 4. The number of piperazine rings is 1. The maximum atomic E-state index is 14.1. The molecule has 1 atom stereocenters. The second-order valence-corrected chi connectivity index (χ2v) is 12.5. The van der Waals surface area contributed by atoms with Crippen molar-refractivity contribution in [1.29, 1.82) is 0 Å². The minimum Gasteiger partial charge on any atom is -0.301 e. The summed E-state index contributed by atoms with van der Waals surface area (Å²) in [5.74, 6) is -0.623. The summed E-state index contributed by atoms with van der Waals surface area (Å²) in [6.07, 6.45) is 2.71. The molecule has 4 aromatic rings. The largest absolute Gasteiger partial charge is 0.301 e. The molecule has 4 aromatic carbocycles. The van der Waals surface area contributed by atoms with Gasteiger partial charge in [-0.25, -0.2) is 13.2 Å². The predicted molar refractivity (Wildman–Crippen MR) is 160 cm³/mol. The van der Waals surface area contributed by atoms with Crippen LogP contribution >= 0.6 is 23.4 Å². The van der Waals surface area contributed by atoms with Gasteiger partial charge in [0.15, 0.2) is 0 Å². The number of nitrogens with zero attached hydrogens (tertiary/aromatic N) is 2. The summed E-state index contributed by atoms with van der Waals surface area (Å²) in [4.78, 5) is 7.17. The van der Waals surface area contributed by atoms with Crippen LogP contribution < -0.4 is 0 Å². The van der Waals surface area contributed by atoms with Crippen LogP contribution in [0, 0.1) is 17.5 Å². The summed E-state index contributed by atoms with van der Waals surface area (Å²) < 4.78 is 41.3. The molecule has 2 aliphatic rings. The number of halogens is 4. The van der Waals surface area contributed by atoms with Crippen LogP contribution in [0.1, 0.15) is 47.1 Å². The van der Waals surface area contributed by atoms with Gasteiger partial charge in [0.05, 0.1) is 0 Å². The van der Waals surface area contributed by atoms with Crippen molar-refractivity contribution in [3.63, 3.8) is 0 Å². The van der Waals surface area contributed by atoms with E-state index in [2.05, 4.69) is 21.9 Å². The monoisotopic (exact) mass is 592 g/mol. The van der Waals surface area contributed by atoms with Gasteiger partial charge >= 0.3 is 0 Å². The lowest BCUT2D eigenvalue weighted by Crippen LogP contribution is -2.48. The fraction of sp³-hybridized carbons (Fsp3) is 0.294. The maximum Gasteiger partial charge on any atom is 0.124 e. The summed E-state index contributed by atoms with van der Waals surface area (Å²) in [6.45, 7) is 4.78. The first-order chi connectivity index (χ1) is 19.9. The van der Waals surface area contributed by atoms with Crippen LogP contribution in [0.2, 0.25) is 5.02 Å². The highest BCUT2D eigenvalue weighted by Gasteiger charge is 2.30. The first-order valence-corrected chi connectivity index (χ1v) is 15.4. The molecular weight excluding hydrogens is 561 g/mol. The highest BCUT2D eigenvalue weighted by atomic mass is 35.5. The van der Waals surface area contributed by atoms with E-state index in [0.29, 0.717) is 0 Å². The molecule has 0 amide bonds. The van der Waals surface area contributed by atoms with E-state index in [9.17, 15) is 13.2 Å². The van der Waals surface area contributed by atoms with Crippen LogP contribution in [0.5, 0.6) is 0 Å². The highest BCUT2D eigenvalue weighted by Crippen LogP contribution is 2.44. The van der Waals surface area contributed by atoms with Crippen molar-refractivity contribution in [2.45, 2.75) is 41.0 Å². The molecule has 0 aromatic heterocycles. The van der Waals surface area contributed by atoms with Gasteiger partial charge in [0, 0.05) is 53.0 Å². The van der Waals surface area contributed by atoms with Crippen molar-refractivity contribution < 1.29 is 13.2 Å². The molecule has 2 heterocycles. The second kappa shape index (κ2) is 12.6. The Balaban J connectivity index is 1.11. The third-order valence-corrected chi connectivity index (χ3v) is 9.78. The van der Waals surface area contributed by atoms with Crippen molar-refractivity contribution in [1.82, 2.24) is 9.80 Å². The molecule has 7 heteroatoms. The molecule has 6 rings (SSSR count). The molecule has 0 bridgehead atoms. The minimum atomic E-state index is -0.253. The van der Waals surface area contributed by atoms with Gasteiger partial charge in [-0.1, -0.05) is 53.7 Å². The van der Waals surface area contributed by atoms with E-state index < -0.39 is 0 Å². The standard InChI is InChI=1S/C34H32ClF3N2S/c35-26-8-14-33-31(21-26)32(20-25-7-13-29(38)22-34(25)41-33)40-18-16-39(17-19-40)15-1-2-30(23-3-9-27(36)10-4-23)24-5-11-28(37)12-6-24/h3-14,21-22,30,32H,1-2,15-20H2. The first kappa shape index (κ1) is 28.4. The topological polar surface area (TPSA) is 6.48 Å². The van der Waals surface area contributed by atoms with Crippen LogP contribution in [0.15, 0.2) is 94.7 Å². The van der Waals surface area contributed by atoms with E-state index in [4.69, 9.17) is 11.6 Å². The number of hydrogen-bond donors (Lipinski definition) is 0.